The summed E-state index contributed by atoms with van der Waals surface area (Å²) in [7, 11) is 0. The van der Waals surface area contributed by atoms with Gasteiger partial charge in [0.15, 0.2) is 0 Å². The monoisotopic (exact) mass is 203 g/mol. The smallest absolute Gasteiger partial charge is 0.0346 e. The molecule has 0 saturated carbocycles. The maximum absolute atomic E-state index is 6.01. The first-order chi connectivity index (χ1) is 6.92. The molecule has 1 aromatic carbocycles. The first kappa shape index (κ1) is 10.5. The van der Waals surface area contributed by atoms with Crippen molar-refractivity contribution in [2.75, 3.05) is 5.73 Å². The quantitative estimate of drug-likeness (QED) is 0.638. The number of fused-ring (bicyclic) bond motifs is 1. The average molecular weight is 203 g/mol. The summed E-state index contributed by atoms with van der Waals surface area (Å²) in [6.07, 6.45) is 2.56. The Morgan fingerprint density at radius 3 is 2.67 bits per heavy atom. The molecular weight excluding hydrogens is 182 g/mol. The van der Waals surface area contributed by atoms with Crippen molar-refractivity contribution in [3.05, 3.63) is 28.8 Å². The van der Waals surface area contributed by atoms with Crippen molar-refractivity contribution in [3.8, 4) is 0 Å². The number of rotatable bonds is 0. The SMILES string of the molecule is Cc1cc2c(cc1N)C(C)(C)CCC2C. The highest BCUT2D eigenvalue weighted by atomic mass is 14.6. The minimum absolute atomic E-state index is 0.295. The molecule has 0 amide bonds. The lowest BCUT2D eigenvalue weighted by Crippen LogP contribution is -2.25. The van der Waals surface area contributed by atoms with E-state index in [1.807, 2.05) is 0 Å². The molecule has 1 unspecified atom stereocenters. The van der Waals surface area contributed by atoms with Crippen molar-refractivity contribution in [3.63, 3.8) is 0 Å². The normalized spacial score (nSPS) is 23.6. The Kier molecular flexibility index (Phi) is 2.29. The summed E-state index contributed by atoms with van der Waals surface area (Å²) >= 11 is 0. The molecule has 1 aromatic rings. The van der Waals surface area contributed by atoms with Crippen molar-refractivity contribution in [2.24, 2.45) is 0 Å². The van der Waals surface area contributed by atoms with E-state index < -0.39 is 0 Å². The molecule has 0 radical (unpaired) electrons. The maximum Gasteiger partial charge on any atom is 0.0346 e. The first-order valence-corrected chi connectivity index (χ1v) is 5.82. The summed E-state index contributed by atoms with van der Waals surface area (Å²) in [5.74, 6) is 0.687. The number of hydrogen-bond acceptors (Lipinski definition) is 1. The lowest BCUT2D eigenvalue weighted by molar-refractivity contribution is 0.402. The predicted octanol–water partition coefficient (Wildman–Crippen LogP) is 3.75. The van der Waals surface area contributed by atoms with Crippen LogP contribution in [0, 0.1) is 6.92 Å². The van der Waals surface area contributed by atoms with Crippen molar-refractivity contribution in [1.82, 2.24) is 0 Å². The zero-order valence-corrected chi connectivity index (χ0v) is 10.2. The summed E-state index contributed by atoms with van der Waals surface area (Å²) in [6.45, 7) is 9.08. The lowest BCUT2D eigenvalue weighted by atomic mass is 9.69. The van der Waals surface area contributed by atoms with Crippen LogP contribution in [0.4, 0.5) is 5.69 Å². The Morgan fingerprint density at radius 2 is 2.00 bits per heavy atom. The molecule has 1 heteroatoms. The van der Waals surface area contributed by atoms with Gasteiger partial charge in [0.25, 0.3) is 0 Å². The molecule has 1 aliphatic carbocycles. The number of aryl methyl sites for hydroxylation is 1. The zero-order valence-electron chi connectivity index (χ0n) is 10.2. The van der Waals surface area contributed by atoms with E-state index in [-0.39, 0.29) is 0 Å². The van der Waals surface area contributed by atoms with Crippen LogP contribution in [0.5, 0.6) is 0 Å². The van der Waals surface area contributed by atoms with Gasteiger partial charge in [0.1, 0.15) is 0 Å². The van der Waals surface area contributed by atoms with Gasteiger partial charge in [-0.1, -0.05) is 26.8 Å². The van der Waals surface area contributed by atoms with Crippen LogP contribution in [0.1, 0.15) is 56.2 Å². The van der Waals surface area contributed by atoms with Crippen LogP contribution in [-0.2, 0) is 5.41 Å². The number of hydrogen-bond donors (Lipinski definition) is 1. The third-order valence-corrected chi connectivity index (χ3v) is 3.90. The van der Waals surface area contributed by atoms with Gasteiger partial charge in [-0.3, -0.25) is 0 Å². The molecule has 1 atom stereocenters. The van der Waals surface area contributed by atoms with Crippen molar-refractivity contribution in [1.29, 1.82) is 0 Å². The standard InChI is InChI=1S/C14H21N/c1-9-5-6-14(3,4)12-8-13(15)10(2)7-11(9)12/h7-9H,5-6,15H2,1-4H3. The second-order valence-electron chi connectivity index (χ2n) is 5.62. The van der Waals surface area contributed by atoms with Gasteiger partial charge in [-0.05, 0) is 53.9 Å². The van der Waals surface area contributed by atoms with E-state index in [2.05, 4.69) is 39.8 Å². The number of anilines is 1. The Bertz CT molecular complexity index is 391. The molecule has 1 nitrogen and oxygen atoms in total. The predicted molar refractivity (Wildman–Crippen MR) is 66.3 cm³/mol. The third-order valence-electron chi connectivity index (χ3n) is 3.90. The first-order valence-electron chi connectivity index (χ1n) is 5.82. The maximum atomic E-state index is 6.01. The Balaban J connectivity index is 2.63. The highest BCUT2D eigenvalue weighted by molar-refractivity contribution is 5.55. The fraction of sp³-hybridized carbons (Fsp3) is 0.571. The molecule has 0 bridgehead atoms. The molecule has 15 heavy (non-hydrogen) atoms. The molecule has 0 saturated heterocycles. The van der Waals surface area contributed by atoms with E-state index in [9.17, 15) is 0 Å². The van der Waals surface area contributed by atoms with Crippen molar-refractivity contribution in [2.45, 2.75) is 51.9 Å². The summed E-state index contributed by atoms with van der Waals surface area (Å²) < 4.78 is 0. The molecule has 1 aliphatic rings. The van der Waals surface area contributed by atoms with Gasteiger partial charge in [-0.15, -0.1) is 0 Å². The molecule has 2 N–H and O–H groups in total. The molecule has 0 fully saturated rings. The molecule has 0 heterocycles. The van der Waals surface area contributed by atoms with Crippen molar-refractivity contribution >= 4 is 5.69 Å². The Labute approximate surface area is 92.7 Å². The van der Waals surface area contributed by atoms with E-state index >= 15 is 0 Å². The third kappa shape index (κ3) is 1.64. The van der Waals surface area contributed by atoms with Gasteiger partial charge in [0.2, 0.25) is 0 Å². The lowest BCUT2D eigenvalue weighted by Gasteiger charge is -2.36. The highest BCUT2D eigenvalue weighted by Gasteiger charge is 2.31. The van der Waals surface area contributed by atoms with E-state index in [0.29, 0.717) is 11.3 Å². The van der Waals surface area contributed by atoms with Crippen LogP contribution in [-0.4, -0.2) is 0 Å². The van der Waals surface area contributed by atoms with Gasteiger partial charge in [-0.2, -0.15) is 0 Å². The van der Waals surface area contributed by atoms with Gasteiger partial charge < -0.3 is 5.73 Å². The number of benzene rings is 1. The van der Waals surface area contributed by atoms with E-state index in [0.717, 1.165) is 5.69 Å². The van der Waals surface area contributed by atoms with Gasteiger partial charge in [0.05, 0.1) is 0 Å². The minimum atomic E-state index is 0.295. The summed E-state index contributed by atoms with van der Waals surface area (Å²) in [5.41, 5.74) is 11.4. The summed E-state index contributed by atoms with van der Waals surface area (Å²) in [5, 5.41) is 0. The van der Waals surface area contributed by atoms with Crippen LogP contribution in [0.2, 0.25) is 0 Å². The second-order valence-corrected chi connectivity index (χ2v) is 5.62. The zero-order chi connectivity index (χ0) is 11.2. The molecule has 2 rings (SSSR count). The molecular formula is C14H21N. The van der Waals surface area contributed by atoms with Gasteiger partial charge in [0, 0.05) is 5.69 Å². The van der Waals surface area contributed by atoms with E-state index in [4.69, 9.17) is 5.73 Å². The molecule has 82 valence electrons. The van der Waals surface area contributed by atoms with E-state index in [1.165, 1.54) is 29.5 Å². The number of nitrogens with two attached hydrogens (primary N) is 1. The Morgan fingerprint density at radius 1 is 1.33 bits per heavy atom. The second kappa shape index (κ2) is 3.26. The largest absolute Gasteiger partial charge is 0.399 e. The Hall–Kier alpha value is -0.980. The van der Waals surface area contributed by atoms with Crippen LogP contribution in [0.3, 0.4) is 0 Å². The highest BCUT2D eigenvalue weighted by Crippen LogP contribution is 2.43. The minimum Gasteiger partial charge on any atom is -0.399 e. The fourth-order valence-electron chi connectivity index (χ4n) is 2.61. The topological polar surface area (TPSA) is 26.0 Å². The van der Waals surface area contributed by atoms with Crippen LogP contribution in [0.25, 0.3) is 0 Å². The van der Waals surface area contributed by atoms with Gasteiger partial charge in [-0.25, -0.2) is 0 Å². The van der Waals surface area contributed by atoms with Crippen LogP contribution in [0.15, 0.2) is 12.1 Å². The number of nitrogen functional groups attached to an aromatic ring is 1. The summed E-state index contributed by atoms with van der Waals surface area (Å²) in [6, 6.07) is 4.48. The van der Waals surface area contributed by atoms with E-state index in [1.54, 1.807) is 0 Å². The average Bonchev–Trinajstić information content (AvgIpc) is 2.16. The summed E-state index contributed by atoms with van der Waals surface area (Å²) in [4.78, 5) is 0. The molecule has 0 spiro atoms. The van der Waals surface area contributed by atoms with Crippen molar-refractivity contribution < 1.29 is 0 Å². The van der Waals surface area contributed by atoms with Crippen LogP contribution < -0.4 is 5.73 Å². The molecule has 0 aliphatic heterocycles. The fourth-order valence-corrected chi connectivity index (χ4v) is 2.61. The van der Waals surface area contributed by atoms with Crippen LogP contribution >= 0.6 is 0 Å². The van der Waals surface area contributed by atoms with Gasteiger partial charge >= 0.3 is 0 Å². The molecule has 0 aromatic heterocycles.